The quantitative estimate of drug-likeness (QED) is 0.207. The summed E-state index contributed by atoms with van der Waals surface area (Å²) >= 11 is 0. The van der Waals surface area contributed by atoms with Crippen molar-refractivity contribution < 1.29 is 47.7 Å². The Hall–Kier alpha value is -3.97. The van der Waals surface area contributed by atoms with Crippen molar-refractivity contribution in [2.75, 3.05) is 13.2 Å². The highest BCUT2D eigenvalue weighted by Crippen LogP contribution is 2.21. The van der Waals surface area contributed by atoms with Crippen LogP contribution >= 0.6 is 0 Å². The molecule has 2 aromatic rings. The van der Waals surface area contributed by atoms with Crippen LogP contribution in [0.25, 0.3) is 0 Å². The molecule has 0 saturated carbocycles. The lowest BCUT2D eigenvalue weighted by molar-refractivity contribution is -0.138. The lowest BCUT2D eigenvalue weighted by atomic mass is 10.1. The molecule has 1 amide bonds. The van der Waals surface area contributed by atoms with Gasteiger partial charge in [-0.05, 0) is 30.3 Å². The van der Waals surface area contributed by atoms with Gasteiger partial charge < -0.3 is 30.2 Å². The summed E-state index contributed by atoms with van der Waals surface area (Å²) in [6.45, 7) is -0.475. The first-order chi connectivity index (χ1) is 15.5. The molecule has 0 saturated heterocycles. The van der Waals surface area contributed by atoms with Gasteiger partial charge in [-0.25, -0.2) is 17.9 Å². The minimum Gasteiger partial charge on any atom is -0.507 e. The van der Waals surface area contributed by atoms with Crippen molar-refractivity contribution in [2.24, 2.45) is 0 Å². The van der Waals surface area contributed by atoms with Gasteiger partial charge in [0.2, 0.25) is 10.0 Å². The molecule has 0 aliphatic heterocycles. The van der Waals surface area contributed by atoms with Gasteiger partial charge in [0.25, 0.3) is 5.91 Å². The number of ether oxygens (including phenoxy) is 1. The van der Waals surface area contributed by atoms with Gasteiger partial charge in [-0.1, -0.05) is 12.1 Å². The minimum atomic E-state index is -4.12. The molecule has 2 rings (SSSR count). The molecule has 176 valence electrons. The third-order valence-corrected chi connectivity index (χ3v) is 5.63. The second-order valence-corrected chi connectivity index (χ2v) is 8.31. The van der Waals surface area contributed by atoms with Crippen molar-refractivity contribution >= 4 is 34.2 Å². The Morgan fingerprint density at radius 2 is 1.76 bits per heavy atom. The Bertz CT molecular complexity index is 1160. The molecule has 0 aromatic heterocycles. The maximum atomic E-state index is 12.4. The largest absolute Gasteiger partial charge is 0.507 e. The number of aromatic hydroxyl groups is 1. The van der Waals surface area contributed by atoms with E-state index in [4.69, 9.17) is 14.9 Å². The van der Waals surface area contributed by atoms with Crippen LogP contribution in [0.1, 0.15) is 27.1 Å². The van der Waals surface area contributed by atoms with Crippen LogP contribution < -0.4 is 14.8 Å². The Kier molecular flexibility index (Phi) is 8.48. The summed E-state index contributed by atoms with van der Waals surface area (Å²) in [6.07, 6.45) is -0.301. The fraction of sp³-hybridized carbons (Fsp3) is 0.200. The highest BCUT2D eigenvalue weighted by molar-refractivity contribution is 7.89. The molecule has 0 heterocycles. The van der Waals surface area contributed by atoms with E-state index >= 15 is 0 Å². The lowest BCUT2D eigenvalue weighted by Crippen LogP contribution is -2.37. The number of aromatic carboxylic acids is 1. The molecule has 0 fully saturated rings. The number of hydrogen-bond donors (Lipinski definition) is 5. The smallest absolute Gasteiger partial charge is 0.339 e. The van der Waals surface area contributed by atoms with Crippen LogP contribution in [0, 0.1) is 0 Å². The number of sulfonamides is 1. The summed E-state index contributed by atoms with van der Waals surface area (Å²) in [6, 6.07) is 7.41. The lowest BCUT2D eigenvalue weighted by Gasteiger charge is -2.14. The summed E-state index contributed by atoms with van der Waals surface area (Å²) in [7, 11) is -4.12. The summed E-state index contributed by atoms with van der Waals surface area (Å²) in [4.78, 5) is 44.8. The number of nitrogens with one attached hydrogen (secondary N) is 2. The van der Waals surface area contributed by atoms with Crippen molar-refractivity contribution in [3.63, 3.8) is 0 Å². The van der Waals surface area contributed by atoms with E-state index in [1.54, 1.807) is 6.07 Å². The van der Waals surface area contributed by atoms with E-state index in [0.717, 1.165) is 18.2 Å². The maximum Gasteiger partial charge on any atom is 0.339 e. The van der Waals surface area contributed by atoms with Gasteiger partial charge >= 0.3 is 11.9 Å². The average Bonchev–Trinajstić information content (AvgIpc) is 2.76. The molecule has 5 N–H and O–H groups in total. The van der Waals surface area contributed by atoms with Crippen molar-refractivity contribution in [3.05, 3.63) is 53.6 Å². The fourth-order valence-corrected chi connectivity index (χ4v) is 3.66. The summed E-state index contributed by atoms with van der Waals surface area (Å²) < 4.78 is 32.4. The Morgan fingerprint density at radius 1 is 1.06 bits per heavy atom. The predicted octanol–water partition coefficient (Wildman–Crippen LogP) is 0.220. The molecular formula is C20H20N2O10S. The third-order valence-electron chi connectivity index (χ3n) is 4.17. The van der Waals surface area contributed by atoms with Crippen molar-refractivity contribution in [2.45, 2.75) is 17.4 Å². The maximum absolute atomic E-state index is 12.4. The molecule has 13 heteroatoms. The third kappa shape index (κ3) is 7.02. The van der Waals surface area contributed by atoms with E-state index in [0.29, 0.717) is 6.29 Å². The number of aliphatic carboxylic acids is 1. The van der Waals surface area contributed by atoms with E-state index in [1.165, 1.54) is 18.2 Å². The van der Waals surface area contributed by atoms with E-state index in [-0.39, 0.29) is 29.4 Å². The first-order valence-corrected chi connectivity index (χ1v) is 10.8. The SMILES string of the molecule is O=C[C@H](CC(=O)O)NC(=O)c1ccccc1OCCNS(=O)(=O)c1ccc(O)c(C(=O)O)c1. The topological polar surface area (TPSA) is 196 Å². The van der Waals surface area contributed by atoms with Gasteiger partial charge in [0.15, 0.2) is 0 Å². The van der Waals surface area contributed by atoms with E-state index in [2.05, 4.69) is 10.0 Å². The molecule has 0 unspecified atom stereocenters. The number of para-hydroxylation sites is 1. The summed E-state index contributed by atoms with van der Waals surface area (Å²) in [5.74, 6) is -4.04. The Balaban J connectivity index is 2.02. The van der Waals surface area contributed by atoms with Gasteiger partial charge in [0, 0.05) is 6.54 Å². The zero-order valence-corrected chi connectivity index (χ0v) is 17.7. The van der Waals surface area contributed by atoms with Crippen LogP contribution in [-0.2, 0) is 19.6 Å². The van der Waals surface area contributed by atoms with Gasteiger partial charge in [-0.2, -0.15) is 0 Å². The van der Waals surface area contributed by atoms with Crippen molar-refractivity contribution in [3.8, 4) is 11.5 Å². The average molecular weight is 480 g/mol. The summed E-state index contributed by atoms with van der Waals surface area (Å²) in [5, 5.41) is 29.5. The molecule has 0 radical (unpaired) electrons. The molecule has 12 nitrogen and oxygen atoms in total. The van der Waals surface area contributed by atoms with Gasteiger partial charge in [-0.15, -0.1) is 0 Å². The molecule has 1 atom stereocenters. The minimum absolute atomic E-state index is 0.00207. The van der Waals surface area contributed by atoms with E-state index in [1.807, 2.05) is 0 Å². The number of carbonyl (C=O) groups excluding carboxylic acids is 2. The summed E-state index contributed by atoms with van der Waals surface area (Å²) in [5.41, 5.74) is -0.576. The number of benzene rings is 2. The number of amides is 1. The first-order valence-electron chi connectivity index (χ1n) is 9.31. The van der Waals surface area contributed by atoms with Gasteiger partial charge in [0.1, 0.15) is 30.0 Å². The number of carboxylic acids is 2. The number of rotatable bonds is 12. The zero-order valence-electron chi connectivity index (χ0n) is 16.9. The zero-order chi connectivity index (χ0) is 24.6. The van der Waals surface area contributed by atoms with Crippen LogP contribution in [-0.4, -0.2) is 67.1 Å². The van der Waals surface area contributed by atoms with Crippen molar-refractivity contribution in [1.29, 1.82) is 0 Å². The first kappa shape index (κ1) is 25.3. The Labute approximate surface area is 187 Å². The van der Waals surface area contributed by atoms with Crippen LogP contribution in [0.2, 0.25) is 0 Å². The van der Waals surface area contributed by atoms with E-state index < -0.39 is 51.6 Å². The van der Waals surface area contributed by atoms with Crippen LogP contribution in [0.3, 0.4) is 0 Å². The molecular weight excluding hydrogens is 460 g/mol. The van der Waals surface area contributed by atoms with Gasteiger partial charge in [0.05, 0.1) is 22.9 Å². The highest BCUT2D eigenvalue weighted by Gasteiger charge is 2.20. The highest BCUT2D eigenvalue weighted by atomic mass is 32.2. The molecule has 0 aliphatic carbocycles. The van der Waals surface area contributed by atoms with Crippen molar-refractivity contribution in [1.82, 2.24) is 10.0 Å². The monoisotopic (exact) mass is 480 g/mol. The van der Waals surface area contributed by atoms with Crippen LogP contribution in [0.5, 0.6) is 11.5 Å². The number of carboxylic acid groups (broad SMARTS) is 2. The van der Waals surface area contributed by atoms with Crippen LogP contribution in [0.15, 0.2) is 47.4 Å². The van der Waals surface area contributed by atoms with Crippen LogP contribution in [0.4, 0.5) is 0 Å². The number of hydrogen-bond acceptors (Lipinski definition) is 8. The fourth-order valence-electron chi connectivity index (χ4n) is 2.62. The predicted molar refractivity (Wildman–Crippen MR) is 112 cm³/mol. The second kappa shape index (κ2) is 11.1. The Morgan fingerprint density at radius 3 is 2.39 bits per heavy atom. The number of phenols is 1. The number of carbonyl (C=O) groups is 4. The normalized spacial score (nSPS) is 11.9. The van der Waals surface area contributed by atoms with E-state index in [9.17, 15) is 32.7 Å². The molecule has 33 heavy (non-hydrogen) atoms. The molecule has 0 aliphatic rings. The molecule has 2 aromatic carbocycles. The molecule has 0 spiro atoms. The standard InChI is InChI=1S/C20H20N2O10S/c23-11-12(9-18(25)26)22-19(27)14-3-1-2-4-17(14)32-8-7-21-33(30,31)13-5-6-16(24)15(10-13)20(28)29/h1-6,10-12,21,24H,7-9H2,(H,22,27)(H,25,26)(H,28,29)/t12-/m0/s1. The second-order valence-electron chi connectivity index (χ2n) is 6.54. The number of aldehydes is 1. The molecule has 0 bridgehead atoms. The van der Waals surface area contributed by atoms with Gasteiger partial charge in [-0.3, -0.25) is 9.59 Å².